The van der Waals surface area contributed by atoms with Crippen LogP contribution in [0.25, 0.3) is 0 Å². The quantitative estimate of drug-likeness (QED) is 0.643. The third-order valence-electron chi connectivity index (χ3n) is 2.63. The summed E-state index contributed by atoms with van der Waals surface area (Å²) in [6.07, 6.45) is 3.12. The molecule has 0 aromatic heterocycles. The van der Waals surface area contributed by atoms with E-state index in [0.717, 1.165) is 13.0 Å². The van der Waals surface area contributed by atoms with Gasteiger partial charge < -0.3 is 5.32 Å². The van der Waals surface area contributed by atoms with Crippen LogP contribution in [0.1, 0.15) is 22.7 Å². The molecule has 1 N–H and O–H groups in total. The minimum atomic E-state index is 0.351. The Balaban J connectivity index is 2.45. The largest absolute Gasteiger partial charge is 0.306 e. The number of hydrogen-bond donors (Lipinski definition) is 1. The van der Waals surface area contributed by atoms with Gasteiger partial charge in [-0.25, -0.2) is 0 Å². The van der Waals surface area contributed by atoms with E-state index in [1.165, 1.54) is 16.7 Å². The summed E-state index contributed by atoms with van der Waals surface area (Å²) in [5.74, 6) is 0. The second kappa shape index (κ2) is 3.35. The molecule has 1 aliphatic heterocycles. The zero-order valence-electron chi connectivity index (χ0n) is 8.01. The Morgan fingerprint density at radius 1 is 1.54 bits per heavy atom. The van der Waals surface area contributed by atoms with Gasteiger partial charge in [0, 0.05) is 6.54 Å². The van der Waals surface area contributed by atoms with Crippen molar-refractivity contribution in [2.45, 2.75) is 19.4 Å². The summed E-state index contributed by atoms with van der Waals surface area (Å²) in [6, 6.07) is 7.02. The van der Waals surface area contributed by atoms with Crippen LogP contribution < -0.4 is 5.32 Å². The van der Waals surface area contributed by atoms with Crippen molar-refractivity contribution in [3.63, 3.8) is 0 Å². The summed E-state index contributed by atoms with van der Waals surface area (Å²) in [7, 11) is 0. The molecule has 0 saturated heterocycles. The van der Waals surface area contributed by atoms with Gasteiger partial charge in [-0.2, -0.15) is 0 Å². The smallest absolute Gasteiger partial charge is 0.0506 e. The second-order valence-electron chi connectivity index (χ2n) is 3.62. The fraction of sp³-hybridized carbons (Fsp3) is 0.333. The van der Waals surface area contributed by atoms with E-state index in [2.05, 4.69) is 37.0 Å². The molecule has 68 valence electrons. The van der Waals surface area contributed by atoms with Crippen molar-refractivity contribution in [2.24, 2.45) is 0 Å². The van der Waals surface area contributed by atoms with Crippen molar-refractivity contribution in [2.75, 3.05) is 6.54 Å². The Morgan fingerprint density at radius 3 is 3.15 bits per heavy atom. The Morgan fingerprint density at radius 2 is 2.38 bits per heavy atom. The highest BCUT2D eigenvalue weighted by molar-refractivity contribution is 5.37. The third kappa shape index (κ3) is 1.52. The fourth-order valence-corrected chi connectivity index (χ4v) is 1.94. The SMILES string of the molecule is C=CC1NCCc2cc(C)ccc21. The van der Waals surface area contributed by atoms with Crippen molar-refractivity contribution in [3.05, 3.63) is 47.5 Å². The molecule has 0 aliphatic carbocycles. The first-order chi connectivity index (χ1) is 6.31. The van der Waals surface area contributed by atoms with Gasteiger partial charge in [-0.3, -0.25) is 0 Å². The van der Waals surface area contributed by atoms with Gasteiger partial charge in [0.1, 0.15) is 0 Å². The highest BCUT2D eigenvalue weighted by Crippen LogP contribution is 2.24. The first-order valence-corrected chi connectivity index (χ1v) is 4.76. The van der Waals surface area contributed by atoms with Crippen LogP contribution >= 0.6 is 0 Å². The standard InChI is InChI=1S/C12H15N/c1-3-12-11-5-4-9(2)8-10(11)6-7-13-12/h3-5,8,12-13H,1,6-7H2,2H3. The van der Waals surface area contributed by atoms with Crippen LogP contribution in [0.2, 0.25) is 0 Å². The molecule has 0 radical (unpaired) electrons. The average molecular weight is 173 g/mol. The summed E-state index contributed by atoms with van der Waals surface area (Å²) in [6.45, 7) is 7.05. The molecule has 0 bridgehead atoms. The van der Waals surface area contributed by atoms with E-state index in [4.69, 9.17) is 0 Å². The van der Waals surface area contributed by atoms with E-state index in [-0.39, 0.29) is 0 Å². The topological polar surface area (TPSA) is 12.0 Å². The third-order valence-corrected chi connectivity index (χ3v) is 2.63. The molecule has 1 unspecified atom stereocenters. The number of nitrogens with one attached hydrogen (secondary N) is 1. The molecule has 0 saturated carbocycles. The van der Waals surface area contributed by atoms with Crippen LogP contribution in [0.3, 0.4) is 0 Å². The Kier molecular flexibility index (Phi) is 2.19. The molecule has 0 spiro atoms. The summed E-state index contributed by atoms with van der Waals surface area (Å²) in [5.41, 5.74) is 4.22. The van der Waals surface area contributed by atoms with Crippen molar-refractivity contribution >= 4 is 0 Å². The lowest BCUT2D eigenvalue weighted by Crippen LogP contribution is -2.28. The lowest BCUT2D eigenvalue weighted by Gasteiger charge is -2.24. The minimum absolute atomic E-state index is 0.351. The van der Waals surface area contributed by atoms with Gasteiger partial charge in [-0.15, -0.1) is 6.58 Å². The van der Waals surface area contributed by atoms with E-state index in [1.54, 1.807) is 0 Å². The van der Waals surface area contributed by atoms with Crippen LogP contribution in [-0.2, 0) is 6.42 Å². The molecule has 1 nitrogen and oxygen atoms in total. The van der Waals surface area contributed by atoms with Crippen molar-refractivity contribution in [1.29, 1.82) is 0 Å². The predicted octanol–water partition coefficient (Wildman–Crippen LogP) is 2.37. The highest BCUT2D eigenvalue weighted by atomic mass is 14.9. The predicted molar refractivity (Wildman–Crippen MR) is 55.8 cm³/mol. The van der Waals surface area contributed by atoms with Gasteiger partial charge in [0.2, 0.25) is 0 Å². The molecule has 1 aliphatic rings. The molecule has 13 heavy (non-hydrogen) atoms. The van der Waals surface area contributed by atoms with Crippen molar-refractivity contribution in [3.8, 4) is 0 Å². The van der Waals surface area contributed by atoms with Gasteiger partial charge in [0.15, 0.2) is 0 Å². The fourth-order valence-electron chi connectivity index (χ4n) is 1.94. The lowest BCUT2D eigenvalue weighted by atomic mass is 9.93. The minimum Gasteiger partial charge on any atom is -0.306 e. The van der Waals surface area contributed by atoms with Gasteiger partial charge in [-0.05, 0) is 24.5 Å². The number of hydrogen-bond acceptors (Lipinski definition) is 1. The zero-order chi connectivity index (χ0) is 9.26. The van der Waals surface area contributed by atoms with Crippen molar-refractivity contribution in [1.82, 2.24) is 5.32 Å². The highest BCUT2D eigenvalue weighted by Gasteiger charge is 2.15. The zero-order valence-corrected chi connectivity index (χ0v) is 8.01. The van der Waals surface area contributed by atoms with Gasteiger partial charge in [0.05, 0.1) is 6.04 Å². The van der Waals surface area contributed by atoms with Gasteiger partial charge in [0.25, 0.3) is 0 Å². The summed E-state index contributed by atoms with van der Waals surface area (Å²) in [5, 5.41) is 3.43. The maximum absolute atomic E-state index is 3.84. The molecule has 1 heterocycles. The lowest BCUT2D eigenvalue weighted by molar-refractivity contribution is 0.582. The van der Waals surface area contributed by atoms with Gasteiger partial charge >= 0.3 is 0 Å². The maximum atomic E-state index is 3.84. The second-order valence-corrected chi connectivity index (χ2v) is 3.62. The van der Waals surface area contributed by atoms with Crippen LogP contribution in [0, 0.1) is 6.92 Å². The van der Waals surface area contributed by atoms with Crippen LogP contribution in [-0.4, -0.2) is 6.54 Å². The van der Waals surface area contributed by atoms with Crippen LogP contribution in [0.15, 0.2) is 30.9 Å². The van der Waals surface area contributed by atoms with E-state index in [9.17, 15) is 0 Å². The van der Waals surface area contributed by atoms with E-state index >= 15 is 0 Å². The summed E-state index contributed by atoms with van der Waals surface area (Å²) in [4.78, 5) is 0. The summed E-state index contributed by atoms with van der Waals surface area (Å²) < 4.78 is 0. The van der Waals surface area contributed by atoms with Crippen LogP contribution in [0.5, 0.6) is 0 Å². The Bertz CT molecular complexity index is 328. The van der Waals surface area contributed by atoms with E-state index in [1.807, 2.05) is 6.08 Å². The van der Waals surface area contributed by atoms with Gasteiger partial charge in [-0.1, -0.05) is 29.8 Å². The first kappa shape index (κ1) is 8.52. The molecule has 1 heteroatoms. The molecule has 0 fully saturated rings. The molecule has 0 amide bonds. The number of rotatable bonds is 1. The van der Waals surface area contributed by atoms with E-state index in [0.29, 0.717) is 6.04 Å². The molecular formula is C12H15N. The monoisotopic (exact) mass is 173 g/mol. The molecule has 1 aromatic rings. The molecule has 1 aromatic carbocycles. The Hall–Kier alpha value is -1.08. The Labute approximate surface area is 79.5 Å². The number of aryl methyl sites for hydroxylation is 1. The normalized spacial score (nSPS) is 20.8. The van der Waals surface area contributed by atoms with E-state index < -0.39 is 0 Å². The van der Waals surface area contributed by atoms with Crippen LogP contribution in [0.4, 0.5) is 0 Å². The van der Waals surface area contributed by atoms with Crippen molar-refractivity contribution < 1.29 is 0 Å². The number of fused-ring (bicyclic) bond motifs is 1. The maximum Gasteiger partial charge on any atom is 0.0506 e. The molecule has 1 atom stereocenters. The first-order valence-electron chi connectivity index (χ1n) is 4.76. The number of benzene rings is 1. The molecular weight excluding hydrogens is 158 g/mol. The summed E-state index contributed by atoms with van der Waals surface area (Å²) >= 11 is 0. The average Bonchev–Trinajstić information content (AvgIpc) is 2.16. The molecule has 2 rings (SSSR count).